The summed E-state index contributed by atoms with van der Waals surface area (Å²) in [5.41, 5.74) is 9.27. The quantitative estimate of drug-likeness (QED) is 0.200. The van der Waals surface area contributed by atoms with Crippen LogP contribution >= 0.6 is 0 Å². The molecule has 4 aromatic rings. The van der Waals surface area contributed by atoms with Gasteiger partial charge in [0.15, 0.2) is 5.82 Å². The number of fused-ring (bicyclic) bond motifs is 1. The van der Waals surface area contributed by atoms with Gasteiger partial charge >= 0.3 is 31.1 Å². The van der Waals surface area contributed by atoms with Crippen LogP contribution in [0.4, 0.5) is 0 Å². The van der Waals surface area contributed by atoms with Crippen molar-refractivity contribution in [2.45, 2.75) is 39.8 Å². The Hall–Kier alpha value is -2.96. The average Bonchev–Trinajstić information content (AvgIpc) is 3.67. The van der Waals surface area contributed by atoms with Gasteiger partial charge in [-0.15, -0.1) is 11.1 Å². The van der Waals surface area contributed by atoms with Crippen LogP contribution in [0.15, 0.2) is 60.2 Å². The van der Waals surface area contributed by atoms with Gasteiger partial charge in [-0.25, -0.2) is 15.0 Å². The number of ether oxygens (including phenoxy) is 1. The van der Waals surface area contributed by atoms with Gasteiger partial charge in [-0.3, -0.25) is 14.8 Å². The van der Waals surface area contributed by atoms with Gasteiger partial charge in [0, 0.05) is 62.4 Å². The van der Waals surface area contributed by atoms with Gasteiger partial charge < -0.3 is 27.2 Å². The third-order valence-corrected chi connectivity index (χ3v) is 6.86. The molecule has 9 nitrogen and oxygen atoms in total. The molecule has 214 valence electrons. The monoisotopic (exact) mass is 787 g/mol. The molecule has 3 aromatic heterocycles. The summed E-state index contributed by atoms with van der Waals surface area (Å²) < 4.78 is 5.93. The molecule has 1 saturated heterocycles. The minimum atomic E-state index is -0.119. The molecule has 1 aromatic carbocycles. The fourth-order valence-electron chi connectivity index (χ4n) is 4.64. The van der Waals surface area contributed by atoms with Gasteiger partial charge in [-0.2, -0.15) is 6.92 Å². The fourth-order valence-corrected chi connectivity index (χ4v) is 4.64. The number of carbonyl (C=O) groups excluding carboxylic acids is 1. The predicted molar refractivity (Wildman–Crippen MR) is 160 cm³/mol. The maximum absolute atomic E-state index is 11.0. The summed E-state index contributed by atoms with van der Waals surface area (Å²) in [6.07, 6.45) is 7.22. The van der Waals surface area contributed by atoms with Crippen molar-refractivity contribution in [1.29, 1.82) is 0 Å². The van der Waals surface area contributed by atoms with E-state index in [1.54, 1.807) is 25.4 Å². The first-order valence-corrected chi connectivity index (χ1v) is 13.8. The first-order valence-electron chi connectivity index (χ1n) is 13.8. The summed E-state index contributed by atoms with van der Waals surface area (Å²) in [6, 6.07) is 10.1. The first kappa shape index (κ1) is 32.0. The SMILES string of the molecule is CC(C)(C)OCN1CCN(Cc2ccc(-c3cc(-c4ncccn4)c4nc(C5=C=C5[C-]=O)[nH]c4c3)cn2)CC1.[CH2-]C.[U+2]. The third-order valence-electron chi connectivity index (χ3n) is 6.86. The van der Waals surface area contributed by atoms with Crippen LogP contribution in [0.2, 0.25) is 0 Å². The van der Waals surface area contributed by atoms with E-state index in [1.165, 1.54) is 0 Å². The Morgan fingerprint density at radius 1 is 1.02 bits per heavy atom. The third kappa shape index (κ3) is 7.70. The number of hydrogen-bond acceptors (Lipinski definition) is 8. The normalized spacial score (nSPS) is 15.3. The first-order chi connectivity index (χ1) is 19.9. The number of allylic oxidation sites excluding steroid dienone is 1. The molecule has 0 unspecified atom stereocenters. The summed E-state index contributed by atoms with van der Waals surface area (Å²) in [7, 11) is 0. The Balaban J connectivity index is 0.00000132. The predicted octanol–water partition coefficient (Wildman–Crippen LogP) is 4.84. The summed E-state index contributed by atoms with van der Waals surface area (Å²) in [5.74, 6) is 1.18. The van der Waals surface area contributed by atoms with Crippen LogP contribution in [0.3, 0.4) is 0 Å². The number of rotatable bonds is 8. The summed E-state index contributed by atoms with van der Waals surface area (Å²) in [4.78, 5) is 37.5. The largest absolute Gasteiger partial charge is 2.00 e. The van der Waals surface area contributed by atoms with E-state index in [9.17, 15) is 4.79 Å². The van der Waals surface area contributed by atoms with Crippen LogP contribution in [0.5, 0.6) is 0 Å². The van der Waals surface area contributed by atoms with Crippen LogP contribution in [-0.4, -0.2) is 79.5 Å². The van der Waals surface area contributed by atoms with Crippen molar-refractivity contribution in [3.05, 3.63) is 78.7 Å². The van der Waals surface area contributed by atoms with Crippen LogP contribution in [0.1, 0.15) is 39.2 Å². The number of aromatic nitrogens is 5. The van der Waals surface area contributed by atoms with Gasteiger partial charge in [0.1, 0.15) is 0 Å². The topological polar surface area (TPSA) is 100 Å². The van der Waals surface area contributed by atoms with Crippen molar-refractivity contribution in [1.82, 2.24) is 34.7 Å². The molecule has 1 fully saturated rings. The maximum Gasteiger partial charge on any atom is 2.00 e. The Morgan fingerprint density at radius 2 is 1.74 bits per heavy atom. The second-order valence-corrected chi connectivity index (χ2v) is 10.9. The molecule has 0 amide bonds. The Morgan fingerprint density at radius 3 is 2.36 bits per heavy atom. The minimum Gasteiger partial charge on any atom is -0.376 e. The molecule has 42 heavy (non-hydrogen) atoms. The van der Waals surface area contributed by atoms with Crippen molar-refractivity contribution in [3.8, 4) is 22.5 Å². The van der Waals surface area contributed by atoms with Gasteiger partial charge in [-0.05, 0) is 50.6 Å². The Bertz CT molecular complexity index is 1580. The molecular formula is C32H35N7O2U. The average molecular weight is 788 g/mol. The molecule has 10 heteroatoms. The van der Waals surface area contributed by atoms with E-state index < -0.39 is 0 Å². The van der Waals surface area contributed by atoms with Gasteiger partial charge in [0.05, 0.1) is 41.2 Å². The molecule has 1 aliphatic carbocycles. The number of imidazole rings is 1. The summed E-state index contributed by atoms with van der Waals surface area (Å²) >= 11 is 0. The number of piperazine rings is 1. The van der Waals surface area contributed by atoms with Gasteiger partial charge in [0.2, 0.25) is 0 Å². The van der Waals surface area contributed by atoms with E-state index >= 15 is 0 Å². The molecule has 0 bridgehead atoms. The van der Waals surface area contributed by atoms with E-state index in [4.69, 9.17) is 14.7 Å². The number of hydrogen-bond donors (Lipinski definition) is 1. The Kier molecular flexibility index (Phi) is 10.7. The zero-order valence-corrected chi connectivity index (χ0v) is 28.7. The standard InChI is InChI=1S/C30H30N7O2.C2H5.U/c1-30(2,3)39-19-37-11-9-36(10-12-37)17-23-6-5-20(16-33-23)21-13-25(28-31-7-4-8-32-28)27-26(15-21)34-29(35-27)24-14-22(24)18-38;1-2;/h4-8,13,15-16H,9-12,17,19H2,1-3H3,(H,34,35);1H2,2H3;/q2*-1;+2. The van der Waals surface area contributed by atoms with E-state index in [1.807, 2.05) is 24.6 Å². The molecular weight excluding hydrogens is 752 g/mol. The van der Waals surface area contributed by atoms with E-state index in [0.717, 1.165) is 66.1 Å². The van der Waals surface area contributed by atoms with E-state index in [-0.39, 0.29) is 36.7 Å². The summed E-state index contributed by atoms with van der Waals surface area (Å²) in [6.45, 7) is 16.7. The number of benzene rings is 1. The Labute approximate surface area is 270 Å². The number of H-pyrrole nitrogens is 1. The van der Waals surface area contributed by atoms with Crippen molar-refractivity contribution < 1.29 is 40.6 Å². The van der Waals surface area contributed by atoms with Crippen molar-refractivity contribution in [2.24, 2.45) is 0 Å². The minimum absolute atomic E-state index is 0. The van der Waals surface area contributed by atoms with Crippen LogP contribution < -0.4 is 0 Å². The molecule has 1 aliphatic heterocycles. The molecule has 1 N–H and O–H groups in total. The maximum atomic E-state index is 11.0. The number of pyridine rings is 1. The van der Waals surface area contributed by atoms with Crippen molar-refractivity contribution >= 4 is 22.9 Å². The number of nitrogens with one attached hydrogen (secondary N) is 1. The van der Waals surface area contributed by atoms with Crippen LogP contribution in [0.25, 0.3) is 39.1 Å². The smallest absolute Gasteiger partial charge is 0.376 e. The number of nitrogens with zero attached hydrogens (tertiary/aromatic N) is 6. The summed E-state index contributed by atoms with van der Waals surface area (Å²) in [5, 5.41) is 0. The zero-order valence-electron chi connectivity index (χ0n) is 24.6. The van der Waals surface area contributed by atoms with E-state index in [2.05, 4.69) is 70.3 Å². The second-order valence-electron chi connectivity index (χ2n) is 10.9. The van der Waals surface area contributed by atoms with Crippen molar-refractivity contribution in [2.75, 3.05) is 32.9 Å². The molecule has 2 aliphatic rings. The second kappa shape index (κ2) is 14.0. The van der Waals surface area contributed by atoms with Crippen LogP contribution in [-0.2, 0) is 16.1 Å². The molecule has 0 radical (unpaired) electrons. The molecule has 0 atom stereocenters. The molecule has 4 heterocycles. The van der Waals surface area contributed by atoms with E-state index in [0.29, 0.717) is 29.5 Å². The molecule has 6 rings (SSSR count). The van der Waals surface area contributed by atoms with Gasteiger partial charge in [0.25, 0.3) is 0 Å². The van der Waals surface area contributed by atoms with Gasteiger partial charge in [-0.1, -0.05) is 6.07 Å². The molecule has 0 spiro atoms. The zero-order chi connectivity index (χ0) is 29.0. The molecule has 0 saturated carbocycles. The fraction of sp³-hybridized carbons (Fsp3) is 0.344. The van der Waals surface area contributed by atoms with Crippen molar-refractivity contribution in [3.63, 3.8) is 0 Å². The van der Waals surface area contributed by atoms with Crippen LogP contribution in [0, 0.1) is 38.0 Å². The number of aromatic amines is 1.